The number of ketones is 1. The van der Waals surface area contributed by atoms with Gasteiger partial charge >= 0.3 is 0 Å². The topological polar surface area (TPSA) is 124 Å². The highest BCUT2D eigenvalue weighted by atomic mass is 16.3. The first-order valence-electron chi connectivity index (χ1n) is 14.3. The van der Waals surface area contributed by atoms with Gasteiger partial charge in [0.2, 0.25) is 0 Å². The van der Waals surface area contributed by atoms with E-state index >= 15 is 0 Å². The minimum absolute atomic E-state index is 0.0901. The molecule has 2 atom stereocenters. The Bertz CT molecular complexity index is 1470. The normalized spacial score (nSPS) is 19.9. The van der Waals surface area contributed by atoms with E-state index in [-0.39, 0.29) is 46.4 Å². The molecule has 0 bridgehead atoms. The Labute approximate surface area is 246 Å². The largest absolute Gasteiger partial charge is 0.507 e. The van der Waals surface area contributed by atoms with Crippen molar-refractivity contribution in [3.8, 4) is 5.75 Å². The van der Waals surface area contributed by atoms with Crippen LogP contribution in [0.15, 0.2) is 79.3 Å². The van der Waals surface area contributed by atoms with Gasteiger partial charge in [0.05, 0.1) is 17.6 Å². The summed E-state index contributed by atoms with van der Waals surface area (Å²) in [5.41, 5.74) is 2.43. The minimum Gasteiger partial charge on any atom is -0.507 e. The van der Waals surface area contributed by atoms with E-state index < -0.39 is 0 Å². The fraction of sp³-hybridized carbons (Fsp3) is 0.333. The van der Waals surface area contributed by atoms with Crippen LogP contribution >= 0.6 is 0 Å². The van der Waals surface area contributed by atoms with Crippen LogP contribution in [-0.4, -0.2) is 59.4 Å². The summed E-state index contributed by atoms with van der Waals surface area (Å²) in [6, 6.07) is 14.2. The molecule has 0 aliphatic carbocycles. The third-order valence-corrected chi connectivity index (χ3v) is 7.81. The second-order valence-corrected chi connectivity index (χ2v) is 11.7. The molecule has 218 valence electrons. The highest BCUT2D eigenvalue weighted by molar-refractivity contribution is 6.11. The maximum Gasteiger partial charge on any atom is 0.251 e. The van der Waals surface area contributed by atoms with E-state index in [0.717, 1.165) is 31.6 Å². The van der Waals surface area contributed by atoms with Gasteiger partial charge in [-0.15, -0.1) is 0 Å². The lowest BCUT2D eigenvalue weighted by molar-refractivity contribution is 0.0882. The van der Waals surface area contributed by atoms with Crippen molar-refractivity contribution < 1.29 is 19.5 Å². The van der Waals surface area contributed by atoms with Gasteiger partial charge in [0.15, 0.2) is 5.78 Å². The predicted octanol–water partition coefficient (Wildman–Crippen LogP) is 4.05. The van der Waals surface area contributed by atoms with Crippen molar-refractivity contribution in [1.29, 1.82) is 0 Å². The molecule has 4 N–H and O–H groups in total. The molecule has 9 nitrogen and oxygen atoms in total. The van der Waals surface area contributed by atoms with Gasteiger partial charge in [-0.25, -0.2) is 0 Å². The minimum atomic E-state index is -0.324. The van der Waals surface area contributed by atoms with Crippen LogP contribution in [0.3, 0.4) is 0 Å². The van der Waals surface area contributed by atoms with E-state index in [1.54, 1.807) is 67.0 Å². The first kappa shape index (κ1) is 29.0. The van der Waals surface area contributed by atoms with Crippen molar-refractivity contribution in [2.75, 3.05) is 24.5 Å². The summed E-state index contributed by atoms with van der Waals surface area (Å²) in [7, 11) is 0. The van der Waals surface area contributed by atoms with E-state index in [9.17, 15) is 19.5 Å². The molecule has 9 heteroatoms. The molecule has 0 radical (unpaired) electrons. The van der Waals surface area contributed by atoms with Crippen LogP contribution in [-0.2, 0) is 0 Å². The van der Waals surface area contributed by atoms with Crippen molar-refractivity contribution in [2.24, 2.45) is 5.41 Å². The number of rotatable bonds is 7. The Morgan fingerprint density at radius 3 is 2.31 bits per heavy atom. The summed E-state index contributed by atoms with van der Waals surface area (Å²) in [5.74, 6) is -0.920. The van der Waals surface area contributed by atoms with E-state index in [1.807, 2.05) is 6.20 Å². The molecule has 42 heavy (non-hydrogen) atoms. The van der Waals surface area contributed by atoms with Crippen molar-refractivity contribution in [1.82, 2.24) is 20.9 Å². The summed E-state index contributed by atoms with van der Waals surface area (Å²) in [4.78, 5) is 45.4. The second kappa shape index (κ2) is 12.6. The SMILES string of the molecule is CC1(C)CC=CN(c2ccc(O)c(C(=O)c3ccc(C(=O)N[C@@H]4CCCNC[C@H]4NC(=O)c4ccncc4)cc3)c2)C1. The van der Waals surface area contributed by atoms with Crippen molar-refractivity contribution in [3.63, 3.8) is 0 Å². The fourth-order valence-electron chi connectivity index (χ4n) is 5.45. The summed E-state index contributed by atoms with van der Waals surface area (Å²) in [6.45, 7) is 6.52. The molecule has 1 saturated heterocycles. The van der Waals surface area contributed by atoms with Crippen LogP contribution in [0.1, 0.15) is 69.7 Å². The number of hydrogen-bond acceptors (Lipinski definition) is 7. The highest BCUT2D eigenvalue weighted by Gasteiger charge is 2.28. The number of phenols is 1. The number of phenolic OH excluding ortho intramolecular Hbond substituents is 1. The van der Waals surface area contributed by atoms with Crippen molar-refractivity contribution in [3.05, 3.63) is 102 Å². The number of carbonyl (C=O) groups is 3. The zero-order chi connectivity index (χ0) is 29.7. The fourth-order valence-corrected chi connectivity index (χ4v) is 5.45. The molecule has 2 aliphatic rings. The van der Waals surface area contributed by atoms with E-state index in [1.165, 1.54) is 0 Å². The predicted molar refractivity (Wildman–Crippen MR) is 162 cm³/mol. The van der Waals surface area contributed by atoms with Gasteiger partial charge in [-0.1, -0.05) is 32.1 Å². The molecule has 1 aromatic heterocycles. The molecule has 3 heterocycles. The molecule has 1 fully saturated rings. The summed E-state index contributed by atoms with van der Waals surface area (Å²) >= 11 is 0. The molecular formula is C33H37N5O4. The second-order valence-electron chi connectivity index (χ2n) is 11.7. The number of nitrogens with zero attached hydrogens (tertiary/aromatic N) is 2. The number of hydrogen-bond donors (Lipinski definition) is 4. The molecule has 2 amide bonds. The Morgan fingerprint density at radius 1 is 0.929 bits per heavy atom. The van der Waals surface area contributed by atoms with Crippen LogP contribution < -0.4 is 20.9 Å². The smallest absolute Gasteiger partial charge is 0.251 e. The Kier molecular flexibility index (Phi) is 8.68. The van der Waals surface area contributed by atoms with E-state index in [2.05, 4.69) is 45.8 Å². The van der Waals surface area contributed by atoms with Crippen molar-refractivity contribution in [2.45, 2.75) is 45.2 Å². The van der Waals surface area contributed by atoms with Crippen LogP contribution in [0.2, 0.25) is 0 Å². The van der Waals surface area contributed by atoms with Crippen molar-refractivity contribution >= 4 is 23.3 Å². The number of pyridine rings is 1. The lowest BCUT2D eigenvalue weighted by Crippen LogP contribution is -2.54. The number of aromatic hydroxyl groups is 1. The first-order valence-corrected chi connectivity index (χ1v) is 14.3. The molecule has 3 aromatic rings. The molecule has 0 saturated carbocycles. The lowest BCUT2D eigenvalue weighted by Gasteiger charge is -2.35. The van der Waals surface area contributed by atoms with Crippen LogP contribution in [0.5, 0.6) is 5.75 Å². The van der Waals surface area contributed by atoms with Gasteiger partial charge in [-0.2, -0.15) is 0 Å². The zero-order valence-electron chi connectivity index (χ0n) is 24.0. The molecule has 2 aliphatic heterocycles. The number of nitrogens with one attached hydrogen (secondary N) is 3. The number of allylic oxidation sites excluding steroid dienone is 1. The third-order valence-electron chi connectivity index (χ3n) is 7.81. The van der Waals surface area contributed by atoms with Gasteiger partial charge in [-0.3, -0.25) is 19.4 Å². The number of anilines is 1. The zero-order valence-corrected chi connectivity index (χ0v) is 24.0. The van der Waals surface area contributed by atoms with E-state index in [4.69, 9.17) is 0 Å². The van der Waals surface area contributed by atoms with Crippen LogP contribution in [0, 0.1) is 5.41 Å². The lowest BCUT2D eigenvalue weighted by atomic mass is 9.86. The summed E-state index contributed by atoms with van der Waals surface area (Å²) in [6.07, 6.45) is 9.80. The van der Waals surface area contributed by atoms with Crippen LogP contribution in [0.25, 0.3) is 0 Å². The average Bonchev–Trinajstić information content (AvgIpc) is 3.21. The summed E-state index contributed by atoms with van der Waals surface area (Å²) < 4.78 is 0. The van der Waals surface area contributed by atoms with E-state index in [0.29, 0.717) is 29.7 Å². The molecule has 0 unspecified atom stereocenters. The average molecular weight is 568 g/mol. The molecule has 5 rings (SSSR count). The number of carbonyl (C=O) groups excluding carboxylic acids is 3. The number of amides is 2. The Hall–Kier alpha value is -4.50. The maximum atomic E-state index is 13.4. The Balaban J connectivity index is 1.27. The monoisotopic (exact) mass is 567 g/mol. The standard InChI is InChI=1S/C33H37N5O4/c1-33(2)14-4-18-38(21-33)25-10-11-29(39)26(19-25)30(40)22-6-8-23(9-7-22)31(41)36-27-5-3-15-35-20-28(27)37-32(42)24-12-16-34-17-13-24/h4,6-13,16-19,27-28,35,39H,3,5,14-15,20-21H2,1-2H3,(H,36,41)(H,37,42)/t27-,28-/m1/s1. The molecular weight excluding hydrogens is 530 g/mol. The first-order chi connectivity index (χ1) is 20.2. The number of benzene rings is 2. The van der Waals surface area contributed by atoms with Crippen LogP contribution in [0.4, 0.5) is 5.69 Å². The quantitative estimate of drug-likeness (QED) is 0.318. The maximum absolute atomic E-state index is 13.4. The van der Waals surface area contributed by atoms with Gasteiger partial charge < -0.3 is 26.0 Å². The number of aromatic nitrogens is 1. The third kappa shape index (κ3) is 6.86. The van der Waals surface area contributed by atoms with Gasteiger partial charge in [0.25, 0.3) is 11.8 Å². The van der Waals surface area contributed by atoms with Gasteiger partial charge in [0.1, 0.15) is 5.75 Å². The molecule has 2 aromatic carbocycles. The Morgan fingerprint density at radius 2 is 1.60 bits per heavy atom. The summed E-state index contributed by atoms with van der Waals surface area (Å²) in [5, 5.41) is 20.0. The highest BCUT2D eigenvalue weighted by Crippen LogP contribution is 2.33. The van der Waals surface area contributed by atoms with Gasteiger partial charge in [-0.05, 0) is 73.7 Å². The van der Waals surface area contributed by atoms with Gasteiger partial charge in [0, 0.05) is 54.1 Å². The molecule has 0 spiro atoms.